The van der Waals surface area contributed by atoms with Crippen LogP contribution in [0.15, 0.2) is 35.3 Å². The van der Waals surface area contributed by atoms with Crippen LogP contribution < -0.4 is 10.7 Å². The molecule has 0 saturated carbocycles. The van der Waals surface area contributed by atoms with Crippen LogP contribution >= 0.6 is 0 Å². The second kappa shape index (κ2) is 6.84. The lowest BCUT2D eigenvalue weighted by atomic mass is 10.2. The second-order valence-electron chi connectivity index (χ2n) is 4.93. The van der Waals surface area contributed by atoms with E-state index in [2.05, 4.69) is 15.2 Å². The van der Waals surface area contributed by atoms with Crippen molar-refractivity contribution in [2.24, 2.45) is 0 Å². The fourth-order valence-corrected chi connectivity index (χ4v) is 2.13. The van der Waals surface area contributed by atoms with E-state index in [0.29, 0.717) is 10.9 Å². The average Bonchev–Trinajstić information content (AvgIpc) is 2.50. The van der Waals surface area contributed by atoms with Crippen molar-refractivity contribution < 1.29 is 14.3 Å². The van der Waals surface area contributed by atoms with Crippen molar-refractivity contribution in [3.8, 4) is 0 Å². The number of methoxy groups -OCH3 is 1. The van der Waals surface area contributed by atoms with Gasteiger partial charge in [0.2, 0.25) is 11.3 Å². The van der Waals surface area contributed by atoms with Crippen LogP contribution in [0.5, 0.6) is 0 Å². The number of ether oxygens (including phenoxy) is 1. The molecule has 0 radical (unpaired) electrons. The number of rotatable bonds is 5. The van der Waals surface area contributed by atoms with E-state index in [1.807, 2.05) is 0 Å². The van der Waals surface area contributed by atoms with Crippen LogP contribution in [0.1, 0.15) is 13.3 Å². The summed E-state index contributed by atoms with van der Waals surface area (Å²) in [6.45, 7) is 1.68. The predicted molar refractivity (Wildman–Crippen MR) is 80.2 cm³/mol. The molecule has 2 rings (SSSR count). The van der Waals surface area contributed by atoms with Crippen molar-refractivity contribution in [2.45, 2.75) is 25.9 Å². The topological polar surface area (TPSA) is 90.3 Å². The number of hydrogen-bond donors (Lipinski definition) is 1. The number of benzene rings is 1. The van der Waals surface area contributed by atoms with Crippen molar-refractivity contribution in [1.29, 1.82) is 0 Å². The number of esters is 1. The van der Waals surface area contributed by atoms with Gasteiger partial charge in [0.1, 0.15) is 6.54 Å². The van der Waals surface area contributed by atoms with Crippen LogP contribution in [-0.4, -0.2) is 34.8 Å². The monoisotopic (exact) mass is 303 g/mol. The SMILES string of the molecule is COC(=O)CC(C)NC(=O)Cn1ncc(=O)c2ccccc21. The lowest BCUT2D eigenvalue weighted by Gasteiger charge is -2.14. The first kappa shape index (κ1) is 15.7. The third-order valence-electron chi connectivity index (χ3n) is 3.16. The number of carbonyl (C=O) groups is 2. The smallest absolute Gasteiger partial charge is 0.307 e. The van der Waals surface area contributed by atoms with Gasteiger partial charge in [0.05, 0.1) is 25.2 Å². The largest absolute Gasteiger partial charge is 0.469 e. The number of hydrogen-bond acceptors (Lipinski definition) is 5. The zero-order chi connectivity index (χ0) is 16.1. The normalized spacial score (nSPS) is 11.9. The number of nitrogens with one attached hydrogen (secondary N) is 1. The van der Waals surface area contributed by atoms with Crippen LogP contribution in [0.25, 0.3) is 10.9 Å². The van der Waals surface area contributed by atoms with Gasteiger partial charge in [0.15, 0.2) is 0 Å². The molecule has 2 aromatic rings. The summed E-state index contributed by atoms with van der Waals surface area (Å²) < 4.78 is 6.00. The van der Waals surface area contributed by atoms with Crippen LogP contribution in [0.4, 0.5) is 0 Å². The Morgan fingerprint density at radius 3 is 2.82 bits per heavy atom. The molecule has 22 heavy (non-hydrogen) atoms. The maximum atomic E-state index is 12.0. The minimum Gasteiger partial charge on any atom is -0.469 e. The van der Waals surface area contributed by atoms with Gasteiger partial charge in [0.25, 0.3) is 0 Å². The minimum atomic E-state index is -0.389. The molecule has 1 aromatic heterocycles. The summed E-state index contributed by atoms with van der Waals surface area (Å²) in [4.78, 5) is 34.9. The molecule has 0 fully saturated rings. The molecule has 7 heteroatoms. The van der Waals surface area contributed by atoms with Crippen molar-refractivity contribution in [1.82, 2.24) is 15.1 Å². The predicted octanol–water partition coefficient (Wildman–Crippen LogP) is 0.464. The van der Waals surface area contributed by atoms with Gasteiger partial charge < -0.3 is 10.1 Å². The van der Waals surface area contributed by atoms with Crippen molar-refractivity contribution in [3.63, 3.8) is 0 Å². The number of nitrogens with zero attached hydrogens (tertiary/aromatic N) is 2. The Labute approximate surface area is 126 Å². The summed E-state index contributed by atoms with van der Waals surface area (Å²) in [5.74, 6) is -0.683. The molecule has 0 aliphatic heterocycles. The van der Waals surface area contributed by atoms with Gasteiger partial charge >= 0.3 is 5.97 Å². The van der Waals surface area contributed by atoms with E-state index in [1.54, 1.807) is 31.2 Å². The molecule has 116 valence electrons. The van der Waals surface area contributed by atoms with Crippen LogP contribution in [-0.2, 0) is 20.9 Å². The fraction of sp³-hybridized carbons (Fsp3) is 0.333. The van der Waals surface area contributed by atoms with E-state index in [4.69, 9.17) is 0 Å². The number of carbonyl (C=O) groups excluding carboxylic acids is 2. The summed E-state index contributed by atoms with van der Waals surface area (Å²) >= 11 is 0. The Morgan fingerprint density at radius 1 is 1.36 bits per heavy atom. The van der Waals surface area contributed by atoms with Crippen molar-refractivity contribution in [2.75, 3.05) is 7.11 Å². The lowest BCUT2D eigenvalue weighted by molar-refractivity contribution is -0.141. The van der Waals surface area contributed by atoms with Gasteiger partial charge in [-0.25, -0.2) is 0 Å². The molecule has 1 N–H and O–H groups in total. The maximum Gasteiger partial charge on any atom is 0.307 e. The van der Waals surface area contributed by atoms with Gasteiger partial charge in [-0.2, -0.15) is 5.10 Å². The Hall–Kier alpha value is -2.70. The van der Waals surface area contributed by atoms with E-state index >= 15 is 0 Å². The molecule has 0 aliphatic carbocycles. The number of aromatic nitrogens is 2. The quantitative estimate of drug-likeness (QED) is 0.811. The molecular weight excluding hydrogens is 286 g/mol. The van der Waals surface area contributed by atoms with Gasteiger partial charge in [-0.15, -0.1) is 0 Å². The number of amides is 1. The molecule has 1 aromatic carbocycles. The van der Waals surface area contributed by atoms with Crippen LogP contribution in [0.3, 0.4) is 0 Å². The van der Waals surface area contributed by atoms with Crippen LogP contribution in [0, 0.1) is 0 Å². The van der Waals surface area contributed by atoms with Gasteiger partial charge in [-0.3, -0.25) is 19.1 Å². The van der Waals surface area contributed by atoms with E-state index < -0.39 is 0 Å². The molecule has 1 amide bonds. The van der Waals surface area contributed by atoms with Crippen LogP contribution in [0.2, 0.25) is 0 Å². The molecule has 0 bridgehead atoms. The lowest BCUT2D eigenvalue weighted by Crippen LogP contribution is -2.37. The molecule has 7 nitrogen and oxygen atoms in total. The summed E-state index contributed by atoms with van der Waals surface area (Å²) in [5, 5.41) is 7.18. The molecule has 1 unspecified atom stereocenters. The third-order valence-corrected chi connectivity index (χ3v) is 3.16. The Kier molecular flexibility index (Phi) is 4.88. The summed E-state index contributed by atoms with van der Waals surface area (Å²) in [6.07, 6.45) is 1.29. The minimum absolute atomic E-state index is 0.0354. The molecule has 0 saturated heterocycles. The molecule has 1 heterocycles. The highest BCUT2D eigenvalue weighted by Crippen LogP contribution is 2.07. The molecular formula is C15H17N3O4. The summed E-state index contributed by atoms with van der Waals surface area (Å²) in [5.41, 5.74) is 0.400. The maximum absolute atomic E-state index is 12.0. The molecule has 0 aliphatic rings. The highest BCUT2D eigenvalue weighted by atomic mass is 16.5. The van der Waals surface area contributed by atoms with Gasteiger partial charge in [0, 0.05) is 11.4 Å². The van der Waals surface area contributed by atoms with E-state index in [1.165, 1.54) is 18.0 Å². The molecule has 1 atom stereocenters. The third kappa shape index (κ3) is 3.69. The van der Waals surface area contributed by atoms with Gasteiger partial charge in [-0.1, -0.05) is 12.1 Å². The number of fused-ring (bicyclic) bond motifs is 1. The fourth-order valence-electron chi connectivity index (χ4n) is 2.13. The molecule has 0 spiro atoms. The summed E-state index contributed by atoms with van der Waals surface area (Å²) in [6, 6.07) is 6.61. The van der Waals surface area contributed by atoms with E-state index in [9.17, 15) is 14.4 Å². The second-order valence-corrected chi connectivity index (χ2v) is 4.93. The van der Waals surface area contributed by atoms with Crippen molar-refractivity contribution in [3.05, 3.63) is 40.7 Å². The zero-order valence-electron chi connectivity index (χ0n) is 12.4. The Balaban J connectivity index is 2.11. The average molecular weight is 303 g/mol. The van der Waals surface area contributed by atoms with Crippen molar-refractivity contribution >= 4 is 22.8 Å². The zero-order valence-corrected chi connectivity index (χ0v) is 12.4. The summed E-state index contributed by atoms with van der Waals surface area (Å²) in [7, 11) is 1.30. The first-order valence-corrected chi connectivity index (χ1v) is 6.82. The van der Waals surface area contributed by atoms with Gasteiger partial charge in [-0.05, 0) is 19.1 Å². The Morgan fingerprint density at radius 2 is 2.09 bits per heavy atom. The number of para-hydroxylation sites is 1. The highest BCUT2D eigenvalue weighted by molar-refractivity contribution is 5.82. The first-order chi connectivity index (χ1) is 10.5. The van der Waals surface area contributed by atoms with E-state index in [0.717, 1.165) is 0 Å². The Bertz CT molecular complexity index is 754. The van der Waals surface area contributed by atoms with E-state index in [-0.39, 0.29) is 36.3 Å². The standard InChI is InChI=1S/C15H17N3O4/c1-10(7-15(21)22-2)17-14(20)9-18-12-6-4-3-5-11(12)13(19)8-16-18/h3-6,8,10H,7,9H2,1-2H3,(H,17,20). The first-order valence-electron chi connectivity index (χ1n) is 6.82. The highest BCUT2D eigenvalue weighted by Gasteiger charge is 2.13.